The second kappa shape index (κ2) is 6.44. The van der Waals surface area contributed by atoms with E-state index >= 15 is 0 Å². The molecule has 0 aliphatic carbocycles. The topological polar surface area (TPSA) is 3.24 Å². The van der Waals surface area contributed by atoms with Gasteiger partial charge in [0.05, 0.1) is 0 Å². The Morgan fingerprint density at radius 3 is 2.37 bits per heavy atom. The predicted molar refractivity (Wildman–Crippen MR) is 87.9 cm³/mol. The van der Waals surface area contributed by atoms with E-state index in [9.17, 15) is 0 Å². The van der Waals surface area contributed by atoms with Crippen LogP contribution in [0.3, 0.4) is 0 Å². The van der Waals surface area contributed by atoms with Crippen molar-refractivity contribution in [3.63, 3.8) is 0 Å². The lowest BCUT2D eigenvalue weighted by atomic mass is 10.1. The van der Waals surface area contributed by atoms with Crippen LogP contribution in [-0.2, 0) is 5.33 Å². The zero-order valence-electron chi connectivity index (χ0n) is 11.2. The number of hydrogen-bond acceptors (Lipinski definition) is 1. The van der Waals surface area contributed by atoms with Crippen molar-refractivity contribution in [1.29, 1.82) is 0 Å². The van der Waals surface area contributed by atoms with Crippen LogP contribution in [0.1, 0.15) is 18.1 Å². The predicted octanol–water partition coefficient (Wildman–Crippen LogP) is 5.70. The molecule has 100 valence electrons. The molecule has 0 saturated carbocycles. The molecule has 0 aliphatic rings. The van der Waals surface area contributed by atoms with Crippen molar-refractivity contribution in [2.24, 2.45) is 0 Å². The number of para-hydroxylation sites is 1. The van der Waals surface area contributed by atoms with Gasteiger partial charge < -0.3 is 4.90 Å². The van der Waals surface area contributed by atoms with Crippen LogP contribution in [0.25, 0.3) is 0 Å². The summed E-state index contributed by atoms with van der Waals surface area (Å²) < 4.78 is 0. The number of hydrogen-bond donors (Lipinski definition) is 0. The van der Waals surface area contributed by atoms with Gasteiger partial charge in [0.1, 0.15) is 0 Å². The molecule has 2 rings (SSSR count). The summed E-state index contributed by atoms with van der Waals surface area (Å²) in [4.78, 5) is 2.30. The van der Waals surface area contributed by atoms with Crippen LogP contribution in [0.15, 0.2) is 42.5 Å². The fourth-order valence-electron chi connectivity index (χ4n) is 2.27. The lowest BCUT2D eigenvalue weighted by Gasteiger charge is -2.27. The third-order valence-electron chi connectivity index (χ3n) is 3.24. The van der Waals surface area contributed by atoms with Crippen molar-refractivity contribution in [3.05, 3.63) is 58.6 Å². The van der Waals surface area contributed by atoms with Crippen molar-refractivity contribution in [2.45, 2.75) is 19.2 Å². The molecule has 0 radical (unpaired) electrons. The molecule has 0 bridgehead atoms. The maximum atomic E-state index is 6.30. The van der Waals surface area contributed by atoms with Gasteiger partial charge in [0.25, 0.3) is 0 Å². The first-order valence-electron chi connectivity index (χ1n) is 6.35. The summed E-state index contributed by atoms with van der Waals surface area (Å²) in [6.45, 7) is 5.20. The van der Waals surface area contributed by atoms with Gasteiger partial charge in [-0.15, -0.1) is 0 Å². The van der Waals surface area contributed by atoms with E-state index in [1.807, 2.05) is 12.1 Å². The molecule has 0 spiro atoms. The lowest BCUT2D eigenvalue weighted by molar-refractivity contribution is 1.01. The molecule has 0 heterocycles. The van der Waals surface area contributed by atoms with Crippen molar-refractivity contribution in [2.75, 3.05) is 11.4 Å². The molecular formula is C16H17BrClN. The number of halogens is 2. The fourth-order valence-corrected chi connectivity index (χ4v) is 3.26. The highest BCUT2D eigenvalue weighted by molar-refractivity contribution is 9.08. The molecule has 3 heteroatoms. The summed E-state index contributed by atoms with van der Waals surface area (Å²) in [7, 11) is 0. The van der Waals surface area contributed by atoms with E-state index in [4.69, 9.17) is 11.6 Å². The normalized spacial score (nSPS) is 10.5. The highest BCUT2D eigenvalue weighted by Gasteiger charge is 2.14. The van der Waals surface area contributed by atoms with E-state index < -0.39 is 0 Å². The third kappa shape index (κ3) is 2.96. The fraction of sp³-hybridized carbons (Fsp3) is 0.250. The van der Waals surface area contributed by atoms with Crippen molar-refractivity contribution in [3.8, 4) is 0 Å². The van der Waals surface area contributed by atoms with Crippen molar-refractivity contribution in [1.82, 2.24) is 0 Å². The minimum atomic E-state index is 0.754. The lowest BCUT2D eigenvalue weighted by Crippen LogP contribution is -2.18. The van der Waals surface area contributed by atoms with E-state index in [0.717, 1.165) is 22.5 Å². The number of benzene rings is 2. The van der Waals surface area contributed by atoms with Gasteiger partial charge in [-0.2, -0.15) is 0 Å². The van der Waals surface area contributed by atoms with Gasteiger partial charge in [-0.1, -0.05) is 51.8 Å². The largest absolute Gasteiger partial charge is 0.341 e. The summed E-state index contributed by atoms with van der Waals surface area (Å²) in [5.41, 5.74) is 4.80. The van der Waals surface area contributed by atoms with Crippen LogP contribution < -0.4 is 4.90 Å². The average Bonchev–Trinajstić information content (AvgIpc) is 2.42. The van der Waals surface area contributed by atoms with Gasteiger partial charge in [0.15, 0.2) is 0 Å². The van der Waals surface area contributed by atoms with Crippen LogP contribution in [0.5, 0.6) is 0 Å². The zero-order chi connectivity index (χ0) is 13.8. The van der Waals surface area contributed by atoms with Gasteiger partial charge in [0.2, 0.25) is 0 Å². The van der Waals surface area contributed by atoms with E-state index in [1.165, 1.54) is 16.9 Å². The summed E-state index contributed by atoms with van der Waals surface area (Å²) >= 11 is 9.84. The van der Waals surface area contributed by atoms with Gasteiger partial charge >= 0.3 is 0 Å². The number of nitrogens with zero attached hydrogens (tertiary/aromatic N) is 1. The molecule has 0 atom stereocenters. The third-order valence-corrected chi connectivity index (χ3v) is 4.16. The smallest absolute Gasteiger partial charge is 0.0467 e. The van der Waals surface area contributed by atoms with Gasteiger partial charge in [0, 0.05) is 33.8 Å². The SMILES string of the molecule is CCN(c1ccccc1C)c1cccc(Cl)c1CBr. The second-order valence-corrected chi connectivity index (χ2v) is 5.37. The standard InChI is InChI=1S/C16H17BrClN/c1-3-19(15-9-5-4-7-12(15)2)16-10-6-8-14(18)13(16)11-17/h4-10H,3,11H2,1-2H3. The maximum absolute atomic E-state index is 6.30. The highest BCUT2D eigenvalue weighted by atomic mass is 79.9. The molecule has 2 aromatic carbocycles. The minimum absolute atomic E-state index is 0.754. The maximum Gasteiger partial charge on any atom is 0.0467 e. The Bertz CT molecular complexity index is 568. The van der Waals surface area contributed by atoms with Crippen LogP contribution in [0, 0.1) is 6.92 Å². The molecular weight excluding hydrogens is 322 g/mol. The van der Waals surface area contributed by atoms with Gasteiger partial charge in [-0.25, -0.2) is 0 Å². The Morgan fingerprint density at radius 1 is 1.05 bits per heavy atom. The van der Waals surface area contributed by atoms with Crippen molar-refractivity contribution < 1.29 is 0 Å². The van der Waals surface area contributed by atoms with Crippen LogP contribution in [0.4, 0.5) is 11.4 Å². The molecule has 2 aromatic rings. The Kier molecular flexibility index (Phi) is 4.89. The molecule has 1 nitrogen and oxygen atoms in total. The zero-order valence-corrected chi connectivity index (χ0v) is 13.5. The molecule has 0 saturated heterocycles. The summed E-state index contributed by atoms with van der Waals surface area (Å²) in [5, 5.41) is 1.56. The molecule has 0 aromatic heterocycles. The molecule has 19 heavy (non-hydrogen) atoms. The number of rotatable bonds is 4. The van der Waals surface area contributed by atoms with Crippen LogP contribution in [-0.4, -0.2) is 6.54 Å². The number of alkyl halides is 1. The van der Waals surface area contributed by atoms with E-state index in [2.05, 4.69) is 65.0 Å². The van der Waals surface area contributed by atoms with Gasteiger partial charge in [-0.3, -0.25) is 0 Å². The first-order chi connectivity index (χ1) is 9.19. The van der Waals surface area contributed by atoms with E-state index in [0.29, 0.717) is 0 Å². The first-order valence-corrected chi connectivity index (χ1v) is 7.85. The summed E-state index contributed by atoms with van der Waals surface area (Å²) in [5.74, 6) is 0. The summed E-state index contributed by atoms with van der Waals surface area (Å²) in [6.07, 6.45) is 0. The minimum Gasteiger partial charge on any atom is -0.341 e. The molecule has 0 aliphatic heterocycles. The van der Waals surface area contributed by atoms with E-state index in [-0.39, 0.29) is 0 Å². The van der Waals surface area contributed by atoms with Gasteiger partial charge in [-0.05, 0) is 37.6 Å². The summed E-state index contributed by atoms with van der Waals surface area (Å²) in [6, 6.07) is 14.5. The molecule has 0 unspecified atom stereocenters. The Balaban J connectivity index is 2.55. The molecule has 0 N–H and O–H groups in total. The van der Waals surface area contributed by atoms with E-state index in [1.54, 1.807) is 0 Å². The first kappa shape index (κ1) is 14.4. The number of aryl methyl sites for hydroxylation is 1. The highest BCUT2D eigenvalue weighted by Crippen LogP contribution is 2.35. The van der Waals surface area contributed by atoms with Crippen LogP contribution in [0.2, 0.25) is 5.02 Å². The quantitative estimate of drug-likeness (QED) is 0.646. The molecule has 0 amide bonds. The van der Waals surface area contributed by atoms with Crippen molar-refractivity contribution >= 4 is 38.9 Å². The average molecular weight is 339 g/mol. The second-order valence-electron chi connectivity index (χ2n) is 4.40. The number of anilines is 2. The Hall–Kier alpha value is -0.990. The van der Waals surface area contributed by atoms with Crippen LogP contribution >= 0.6 is 27.5 Å². The Morgan fingerprint density at radius 2 is 1.74 bits per heavy atom. The molecule has 0 fully saturated rings. The Labute approximate surface area is 128 Å². The monoisotopic (exact) mass is 337 g/mol.